The number of fused-ring (bicyclic) bond motifs is 2. The summed E-state index contributed by atoms with van der Waals surface area (Å²) in [4.78, 5) is 21.1. The molecule has 0 spiro atoms. The highest BCUT2D eigenvalue weighted by Gasteiger charge is 2.26. The molecule has 0 atom stereocenters. The highest BCUT2D eigenvalue weighted by Crippen LogP contribution is 2.40. The Hall–Kier alpha value is -4.14. The quantitative estimate of drug-likeness (QED) is 0.390. The second kappa shape index (κ2) is 6.69. The second-order valence-electron chi connectivity index (χ2n) is 7.88. The molecule has 1 aliphatic heterocycles. The van der Waals surface area contributed by atoms with Gasteiger partial charge in [0.05, 0.1) is 22.5 Å². The maximum absolute atomic E-state index is 11.7. The number of anilines is 5. The normalized spacial score (nSPS) is 14.8. The fourth-order valence-electron chi connectivity index (χ4n) is 3.82. The van der Waals surface area contributed by atoms with Crippen molar-refractivity contribution in [1.29, 1.82) is 0 Å². The Bertz CT molecular complexity index is 1340. The summed E-state index contributed by atoms with van der Waals surface area (Å²) in [6.07, 6.45) is 2.39. The summed E-state index contributed by atoms with van der Waals surface area (Å²) in [5.41, 5.74) is 11.4. The van der Waals surface area contributed by atoms with Crippen LogP contribution in [0.25, 0.3) is 10.9 Å². The molecule has 2 aromatic heterocycles. The van der Waals surface area contributed by atoms with E-state index in [9.17, 15) is 4.79 Å². The predicted octanol–water partition coefficient (Wildman–Crippen LogP) is 4.11. The molecule has 1 fully saturated rings. The zero-order valence-corrected chi connectivity index (χ0v) is 16.7. The van der Waals surface area contributed by atoms with Crippen LogP contribution >= 0.6 is 0 Å². The minimum absolute atomic E-state index is 0.268. The molecular formula is C22H19N8O. The fraction of sp³-hybridized carbons (Fsp3) is 0.182. The van der Waals surface area contributed by atoms with Crippen LogP contribution < -0.4 is 21.5 Å². The standard InChI is InChI=1S/C22H19N8O/c1-11-3-2-4-15-19(11)20(25-18-10-16(27-29-18)12-5-6-12)26-22(24-15)23-13-7-8-14-17(9-13)28-30-21(14)31/h2-4,7-10,12,28H,5-6H2,1H3,(H3,23,24,25,26,27,29). The highest BCUT2D eigenvalue weighted by molar-refractivity contribution is 6.04. The lowest BCUT2D eigenvalue weighted by molar-refractivity contribution is 0.0969. The number of aromatic nitrogens is 4. The van der Waals surface area contributed by atoms with Crippen LogP contribution in [0.4, 0.5) is 29.0 Å². The summed E-state index contributed by atoms with van der Waals surface area (Å²) in [6, 6.07) is 13.4. The van der Waals surface area contributed by atoms with E-state index < -0.39 is 0 Å². The van der Waals surface area contributed by atoms with Gasteiger partial charge in [-0.2, -0.15) is 10.1 Å². The number of hydrogen-bond donors (Lipinski definition) is 4. The molecule has 1 saturated carbocycles. The molecule has 1 aliphatic carbocycles. The van der Waals surface area contributed by atoms with Crippen molar-refractivity contribution in [3.8, 4) is 0 Å². The van der Waals surface area contributed by atoms with Gasteiger partial charge in [0.25, 0.3) is 5.91 Å². The van der Waals surface area contributed by atoms with Crippen molar-refractivity contribution in [1.82, 2.24) is 25.6 Å². The van der Waals surface area contributed by atoms with Gasteiger partial charge < -0.3 is 10.6 Å². The largest absolute Gasteiger partial charge is 0.325 e. The Kier molecular flexibility index (Phi) is 3.82. The van der Waals surface area contributed by atoms with Gasteiger partial charge in [0, 0.05) is 23.1 Å². The van der Waals surface area contributed by atoms with E-state index in [-0.39, 0.29) is 5.91 Å². The molecule has 9 nitrogen and oxygen atoms in total. The van der Waals surface area contributed by atoms with E-state index in [0.29, 0.717) is 28.9 Å². The molecule has 4 aromatic rings. The van der Waals surface area contributed by atoms with Crippen molar-refractivity contribution in [3.63, 3.8) is 0 Å². The van der Waals surface area contributed by atoms with Crippen LogP contribution in [-0.4, -0.2) is 26.1 Å². The topological polar surface area (TPSA) is 122 Å². The minimum Gasteiger partial charge on any atom is -0.325 e. The van der Waals surface area contributed by atoms with E-state index in [4.69, 9.17) is 4.98 Å². The number of H-pyrrole nitrogens is 1. The van der Waals surface area contributed by atoms with Crippen LogP contribution in [0.3, 0.4) is 0 Å². The number of nitrogens with one attached hydrogen (secondary N) is 4. The lowest BCUT2D eigenvalue weighted by Gasteiger charge is -2.13. The third-order valence-corrected chi connectivity index (χ3v) is 5.56. The summed E-state index contributed by atoms with van der Waals surface area (Å²) in [6.45, 7) is 2.04. The van der Waals surface area contributed by atoms with Crippen molar-refractivity contribution in [2.24, 2.45) is 0 Å². The molecule has 153 valence electrons. The molecule has 1 radical (unpaired) electrons. The SMILES string of the molecule is Cc1cccc2nc(Nc3ccc4c(c3)N[N]C4=O)nc(Nc3cc(C4CC4)n[nH]3)c12. The van der Waals surface area contributed by atoms with Gasteiger partial charge >= 0.3 is 0 Å². The van der Waals surface area contributed by atoms with Crippen LogP contribution in [0.5, 0.6) is 0 Å². The predicted molar refractivity (Wildman–Crippen MR) is 118 cm³/mol. The van der Waals surface area contributed by atoms with E-state index in [0.717, 1.165) is 33.7 Å². The van der Waals surface area contributed by atoms with Crippen molar-refractivity contribution in [2.75, 3.05) is 16.1 Å². The minimum atomic E-state index is -0.268. The van der Waals surface area contributed by atoms with E-state index >= 15 is 0 Å². The second-order valence-corrected chi connectivity index (χ2v) is 7.88. The Morgan fingerprint density at radius 2 is 1.97 bits per heavy atom. The van der Waals surface area contributed by atoms with Crippen LogP contribution in [0.1, 0.15) is 40.4 Å². The first-order valence-corrected chi connectivity index (χ1v) is 10.2. The zero-order chi connectivity index (χ0) is 20.9. The number of aryl methyl sites for hydroxylation is 1. The molecule has 0 unspecified atom stereocenters. The van der Waals surface area contributed by atoms with Gasteiger partial charge in [-0.25, -0.2) is 4.98 Å². The number of rotatable bonds is 5. The van der Waals surface area contributed by atoms with Gasteiger partial charge in [-0.3, -0.25) is 15.3 Å². The summed E-state index contributed by atoms with van der Waals surface area (Å²) >= 11 is 0. The van der Waals surface area contributed by atoms with Crippen molar-refractivity contribution < 1.29 is 4.79 Å². The maximum Gasteiger partial charge on any atom is 0.295 e. The van der Waals surface area contributed by atoms with Crippen LogP contribution in [-0.2, 0) is 0 Å². The molecule has 2 aliphatic rings. The molecule has 31 heavy (non-hydrogen) atoms. The van der Waals surface area contributed by atoms with Crippen molar-refractivity contribution in [2.45, 2.75) is 25.7 Å². The van der Waals surface area contributed by atoms with E-state index in [2.05, 4.69) is 36.7 Å². The lowest BCUT2D eigenvalue weighted by atomic mass is 10.1. The first kappa shape index (κ1) is 17.7. The first-order valence-electron chi connectivity index (χ1n) is 10.2. The molecule has 0 bridgehead atoms. The number of carbonyl (C=O) groups excluding carboxylic acids is 1. The Morgan fingerprint density at radius 1 is 1.06 bits per heavy atom. The smallest absolute Gasteiger partial charge is 0.295 e. The maximum atomic E-state index is 11.7. The molecule has 6 rings (SSSR count). The summed E-state index contributed by atoms with van der Waals surface area (Å²) in [7, 11) is 0. The van der Waals surface area contributed by atoms with Gasteiger partial charge in [0.15, 0.2) is 0 Å². The zero-order valence-electron chi connectivity index (χ0n) is 16.7. The van der Waals surface area contributed by atoms with Gasteiger partial charge in [-0.1, -0.05) is 12.1 Å². The van der Waals surface area contributed by atoms with E-state index in [1.54, 1.807) is 6.07 Å². The van der Waals surface area contributed by atoms with Crippen molar-refractivity contribution >= 4 is 45.8 Å². The Labute approximate surface area is 177 Å². The average Bonchev–Trinajstić information content (AvgIpc) is 3.40. The van der Waals surface area contributed by atoms with E-state index in [1.165, 1.54) is 12.8 Å². The van der Waals surface area contributed by atoms with E-state index in [1.807, 2.05) is 43.3 Å². The van der Waals surface area contributed by atoms with Gasteiger partial charge in [-0.15, -0.1) is 5.43 Å². The lowest BCUT2D eigenvalue weighted by Crippen LogP contribution is -2.10. The third kappa shape index (κ3) is 3.20. The summed E-state index contributed by atoms with van der Waals surface area (Å²) in [5, 5.41) is 15.1. The number of nitrogens with zero attached hydrogens (tertiary/aromatic N) is 4. The fourth-order valence-corrected chi connectivity index (χ4v) is 3.82. The monoisotopic (exact) mass is 411 g/mol. The third-order valence-electron chi connectivity index (χ3n) is 5.56. The highest BCUT2D eigenvalue weighted by atomic mass is 16.2. The summed E-state index contributed by atoms with van der Waals surface area (Å²) in [5.74, 6) is 2.25. The molecule has 0 saturated heterocycles. The number of hydrogen-bond acceptors (Lipinski definition) is 7. The van der Waals surface area contributed by atoms with Crippen LogP contribution in [0.15, 0.2) is 42.5 Å². The molecule has 9 heteroatoms. The van der Waals surface area contributed by atoms with Crippen LogP contribution in [0, 0.1) is 6.92 Å². The number of amides is 1. The van der Waals surface area contributed by atoms with Gasteiger partial charge in [0.1, 0.15) is 11.6 Å². The molecule has 4 N–H and O–H groups in total. The molecular weight excluding hydrogens is 392 g/mol. The number of aromatic amines is 1. The first-order chi connectivity index (χ1) is 15.1. The molecule has 2 aromatic carbocycles. The number of benzene rings is 2. The molecule has 3 heterocycles. The van der Waals surface area contributed by atoms with Gasteiger partial charge in [-0.05, 0) is 49.6 Å². The van der Waals surface area contributed by atoms with Crippen molar-refractivity contribution in [3.05, 3.63) is 59.3 Å². The molecule has 1 amide bonds. The Balaban J connectivity index is 1.37. The summed E-state index contributed by atoms with van der Waals surface area (Å²) < 4.78 is 0. The Morgan fingerprint density at radius 3 is 2.84 bits per heavy atom. The van der Waals surface area contributed by atoms with Gasteiger partial charge in [0.2, 0.25) is 5.95 Å². The van der Waals surface area contributed by atoms with Crippen LogP contribution in [0.2, 0.25) is 0 Å². The number of carbonyl (C=O) groups is 1. The average molecular weight is 411 g/mol.